The number of amides is 2. The van der Waals surface area contributed by atoms with Crippen LogP contribution in [0.3, 0.4) is 0 Å². The van der Waals surface area contributed by atoms with Gasteiger partial charge in [-0.1, -0.05) is 0 Å². The maximum Gasteiger partial charge on any atom is 0.411 e. The van der Waals surface area contributed by atoms with E-state index in [2.05, 4.69) is 10.1 Å². The van der Waals surface area contributed by atoms with Gasteiger partial charge in [-0.05, 0) is 36.4 Å². The van der Waals surface area contributed by atoms with Crippen LogP contribution in [0.1, 0.15) is 5.76 Å². The van der Waals surface area contributed by atoms with Crippen LogP contribution in [0.4, 0.5) is 23.7 Å². The summed E-state index contributed by atoms with van der Waals surface area (Å²) in [6.45, 7) is -2.32. The predicted octanol–water partition coefficient (Wildman–Crippen LogP) is 3.43. The lowest BCUT2D eigenvalue weighted by Crippen LogP contribution is -2.40. The van der Waals surface area contributed by atoms with Gasteiger partial charge in [0.2, 0.25) is 0 Å². The van der Waals surface area contributed by atoms with Crippen LogP contribution in [0.5, 0.6) is 5.75 Å². The van der Waals surface area contributed by atoms with Gasteiger partial charge in [0.15, 0.2) is 6.61 Å². The minimum atomic E-state index is -4.55. The second-order valence-corrected chi connectivity index (χ2v) is 5.37. The Hall–Kier alpha value is -3.17. The highest BCUT2D eigenvalue weighted by molar-refractivity contribution is 5.84. The topological polar surface area (TPSA) is 81.0 Å². The molecule has 146 valence electrons. The van der Waals surface area contributed by atoms with Gasteiger partial charge in [0.05, 0.1) is 19.9 Å². The standard InChI is InChI=1S/C17H17F3N2O5/c1-25-16(24)21-12-4-6-13(7-5-12)27-10-15(23)22(11-17(18,19)20)9-14-3-2-8-26-14/h2-8H,9-11H2,1H3,(H,21,24). The van der Waals surface area contributed by atoms with Crippen molar-refractivity contribution >= 4 is 17.7 Å². The first-order valence-corrected chi connectivity index (χ1v) is 7.71. The van der Waals surface area contributed by atoms with Crippen LogP contribution < -0.4 is 10.1 Å². The van der Waals surface area contributed by atoms with Crippen molar-refractivity contribution < 1.29 is 36.7 Å². The van der Waals surface area contributed by atoms with E-state index in [1.165, 1.54) is 49.8 Å². The van der Waals surface area contributed by atoms with Gasteiger partial charge in [0.25, 0.3) is 5.91 Å². The van der Waals surface area contributed by atoms with E-state index in [0.717, 1.165) is 0 Å². The summed E-state index contributed by atoms with van der Waals surface area (Å²) in [7, 11) is 1.22. The van der Waals surface area contributed by atoms with E-state index in [-0.39, 0.29) is 18.1 Å². The van der Waals surface area contributed by atoms with E-state index in [1.807, 2.05) is 0 Å². The molecule has 0 atom stereocenters. The number of ether oxygens (including phenoxy) is 2. The maximum atomic E-state index is 12.7. The average molecular weight is 386 g/mol. The van der Waals surface area contributed by atoms with E-state index in [1.54, 1.807) is 0 Å². The number of benzene rings is 1. The molecule has 7 nitrogen and oxygen atoms in total. The summed E-state index contributed by atoms with van der Waals surface area (Å²) in [5, 5.41) is 2.43. The number of hydrogen-bond donors (Lipinski definition) is 1. The largest absolute Gasteiger partial charge is 0.484 e. The molecule has 27 heavy (non-hydrogen) atoms. The van der Waals surface area contributed by atoms with Crippen molar-refractivity contribution in [2.45, 2.75) is 12.7 Å². The zero-order valence-electron chi connectivity index (χ0n) is 14.3. The molecular weight excluding hydrogens is 369 g/mol. The Kier molecular flexibility index (Phi) is 6.69. The summed E-state index contributed by atoms with van der Waals surface area (Å²) in [6.07, 6.45) is -3.89. The summed E-state index contributed by atoms with van der Waals surface area (Å²) in [5.41, 5.74) is 0.428. The van der Waals surface area contributed by atoms with E-state index < -0.39 is 31.3 Å². The van der Waals surface area contributed by atoms with Crippen molar-refractivity contribution in [3.05, 3.63) is 48.4 Å². The molecule has 0 aliphatic carbocycles. The van der Waals surface area contributed by atoms with E-state index in [9.17, 15) is 22.8 Å². The molecule has 0 aliphatic heterocycles. The van der Waals surface area contributed by atoms with Gasteiger partial charge in [0, 0.05) is 5.69 Å². The van der Waals surface area contributed by atoms with Crippen LogP contribution in [0.25, 0.3) is 0 Å². The molecule has 0 saturated heterocycles. The summed E-state index contributed by atoms with van der Waals surface area (Å²) >= 11 is 0. The summed E-state index contributed by atoms with van der Waals surface area (Å²) in [6, 6.07) is 8.90. The fourth-order valence-corrected chi connectivity index (χ4v) is 2.08. The lowest BCUT2D eigenvalue weighted by atomic mass is 10.3. The minimum absolute atomic E-state index is 0.228. The number of carbonyl (C=O) groups is 2. The van der Waals surface area contributed by atoms with Gasteiger partial charge >= 0.3 is 12.3 Å². The van der Waals surface area contributed by atoms with Crippen LogP contribution in [-0.4, -0.2) is 43.3 Å². The molecule has 2 amide bonds. The summed E-state index contributed by atoms with van der Waals surface area (Å²) in [5.74, 6) is -0.366. The lowest BCUT2D eigenvalue weighted by Gasteiger charge is -2.23. The van der Waals surface area contributed by atoms with Crippen LogP contribution in [0, 0.1) is 0 Å². The van der Waals surface area contributed by atoms with Crippen molar-refractivity contribution in [2.75, 3.05) is 25.6 Å². The zero-order valence-corrected chi connectivity index (χ0v) is 14.3. The molecule has 0 unspecified atom stereocenters. The summed E-state index contributed by atoms with van der Waals surface area (Å²) in [4.78, 5) is 23.8. The van der Waals surface area contributed by atoms with E-state index in [4.69, 9.17) is 9.15 Å². The summed E-state index contributed by atoms with van der Waals surface area (Å²) < 4.78 is 52.9. The van der Waals surface area contributed by atoms with Crippen molar-refractivity contribution in [1.29, 1.82) is 0 Å². The van der Waals surface area contributed by atoms with Gasteiger partial charge in [-0.3, -0.25) is 10.1 Å². The van der Waals surface area contributed by atoms with Gasteiger partial charge < -0.3 is 18.8 Å². The first-order valence-electron chi connectivity index (χ1n) is 7.71. The minimum Gasteiger partial charge on any atom is -0.484 e. The Morgan fingerprint density at radius 3 is 2.44 bits per heavy atom. The number of nitrogens with one attached hydrogen (secondary N) is 1. The Morgan fingerprint density at radius 1 is 1.19 bits per heavy atom. The Labute approximate surface area is 152 Å². The SMILES string of the molecule is COC(=O)Nc1ccc(OCC(=O)N(Cc2ccco2)CC(F)(F)F)cc1. The number of nitrogens with zero attached hydrogens (tertiary/aromatic N) is 1. The van der Waals surface area contributed by atoms with Crippen LogP contribution in [0.2, 0.25) is 0 Å². The van der Waals surface area contributed by atoms with Crippen molar-refractivity contribution in [3.63, 3.8) is 0 Å². The second-order valence-electron chi connectivity index (χ2n) is 5.37. The Bertz CT molecular complexity index is 745. The molecular formula is C17H17F3N2O5. The lowest BCUT2D eigenvalue weighted by molar-refractivity contribution is -0.164. The smallest absolute Gasteiger partial charge is 0.411 e. The average Bonchev–Trinajstić information content (AvgIpc) is 3.12. The molecule has 10 heteroatoms. The van der Waals surface area contributed by atoms with E-state index in [0.29, 0.717) is 10.6 Å². The highest BCUT2D eigenvalue weighted by atomic mass is 19.4. The monoisotopic (exact) mass is 386 g/mol. The number of methoxy groups -OCH3 is 1. The molecule has 2 aromatic rings. The quantitative estimate of drug-likeness (QED) is 0.789. The number of hydrogen-bond acceptors (Lipinski definition) is 5. The zero-order chi connectivity index (χ0) is 19.9. The molecule has 1 N–H and O–H groups in total. The fraction of sp³-hybridized carbons (Fsp3) is 0.294. The fourth-order valence-electron chi connectivity index (χ4n) is 2.08. The Balaban J connectivity index is 1.94. The first-order chi connectivity index (χ1) is 12.8. The molecule has 2 rings (SSSR count). The molecule has 0 fully saturated rings. The first kappa shape index (κ1) is 20.1. The van der Waals surface area contributed by atoms with Gasteiger partial charge in [0.1, 0.15) is 18.1 Å². The van der Waals surface area contributed by atoms with Crippen molar-refractivity contribution in [1.82, 2.24) is 4.90 Å². The number of rotatable bonds is 7. The molecule has 0 saturated carbocycles. The number of furan rings is 1. The molecule has 0 spiro atoms. The molecule has 1 heterocycles. The van der Waals surface area contributed by atoms with Crippen LogP contribution >= 0.6 is 0 Å². The van der Waals surface area contributed by atoms with E-state index >= 15 is 0 Å². The van der Waals surface area contributed by atoms with Gasteiger partial charge in [-0.25, -0.2) is 4.79 Å². The molecule has 0 radical (unpaired) electrons. The second kappa shape index (κ2) is 8.97. The maximum absolute atomic E-state index is 12.7. The molecule has 1 aromatic heterocycles. The van der Waals surface area contributed by atoms with Crippen LogP contribution in [-0.2, 0) is 16.1 Å². The van der Waals surface area contributed by atoms with Crippen LogP contribution in [0.15, 0.2) is 47.1 Å². The number of carbonyl (C=O) groups excluding carboxylic acids is 2. The Morgan fingerprint density at radius 2 is 1.89 bits per heavy atom. The third-order valence-corrected chi connectivity index (χ3v) is 3.30. The predicted molar refractivity (Wildman–Crippen MR) is 88.1 cm³/mol. The van der Waals surface area contributed by atoms with Gasteiger partial charge in [-0.2, -0.15) is 13.2 Å². The third kappa shape index (κ3) is 6.92. The van der Waals surface area contributed by atoms with Crippen molar-refractivity contribution in [2.24, 2.45) is 0 Å². The number of anilines is 1. The third-order valence-electron chi connectivity index (χ3n) is 3.30. The molecule has 1 aromatic carbocycles. The normalized spacial score (nSPS) is 11.0. The number of halogens is 3. The number of alkyl halides is 3. The van der Waals surface area contributed by atoms with Crippen molar-refractivity contribution in [3.8, 4) is 5.75 Å². The van der Waals surface area contributed by atoms with Gasteiger partial charge in [-0.15, -0.1) is 0 Å². The molecule has 0 aliphatic rings. The highest BCUT2D eigenvalue weighted by Crippen LogP contribution is 2.20. The highest BCUT2D eigenvalue weighted by Gasteiger charge is 2.33. The molecule has 0 bridgehead atoms.